The summed E-state index contributed by atoms with van der Waals surface area (Å²) in [7, 11) is 0. The molecule has 0 aliphatic heterocycles. The Balaban J connectivity index is 2.00. The van der Waals surface area contributed by atoms with E-state index < -0.39 is 0 Å². The first kappa shape index (κ1) is 13.3. The molecule has 0 bridgehead atoms. The molecule has 18 heavy (non-hydrogen) atoms. The third-order valence-corrected chi connectivity index (χ3v) is 3.75. The second-order valence-corrected chi connectivity index (χ2v) is 6.09. The van der Waals surface area contributed by atoms with Crippen LogP contribution >= 0.6 is 0 Å². The first-order valence-corrected chi connectivity index (χ1v) is 6.74. The van der Waals surface area contributed by atoms with Gasteiger partial charge in [0, 0.05) is 11.8 Å². The van der Waals surface area contributed by atoms with Crippen LogP contribution in [0.15, 0.2) is 12.1 Å². The van der Waals surface area contributed by atoms with Crippen molar-refractivity contribution in [2.75, 3.05) is 0 Å². The van der Waals surface area contributed by atoms with Gasteiger partial charge in [0.15, 0.2) is 0 Å². The Morgan fingerprint density at radius 1 is 1.33 bits per heavy atom. The van der Waals surface area contributed by atoms with Gasteiger partial charge in [0.2, 0.25) is 5.88 Å². The van der Waals surface area contributed by atoms with Crippen LogP contribution < -0.4 is 4.74 Å². The van der Waals surface area contributed by atoms with E-state index in [4.69, 9.17) is 4.74 Å². The topological polar surface area (TPSA) is 42.4 Å². The van der Waals surface area contributed by atoms with Crippen molar-refractivity contribution in [2.24, 2.45) is 5.41 Å². The molecule has 0 radical (unpaired) electrons. The molecule has 1 saturated carbocycles. The minimum absolute atomic E-state index is 0.0391. The van der Waals surface area contributed by atoms with Gasteiger partial charge < -0.3 is 9.84 Å². The van der Waals surface area contributed by atoms with Crippen LogP contribution in [0.5, 0.6) is 5.88 Å². The van der Waals surface area contributed by atoms with E-state index in [1.54, 1.807) is 0 Å². The predicted octanol–water partition coefficient (Wildman–Crippen LogP) is 3.23. The first-order chi connectivity index (χ1) is 8.48. The molecule has 3 heteroatoms. The van der Waals surface area contributed by atoms with E-state index >= 15 is 0 Å². The summed E-state index contributed by atoms with van der Waals surface area (Å²) in [6.07, 6.45) is 4.87. The van der Waals surface area contributed by atoms with Crippen LogP contribution in [0.25, 0.3) is 0 Å². The van der Waals surface area contributed by atoms with Crippen molar-refractivity contribution < 1.29 is 9.84 Å². The molecular formula is C15H23NO2. The third kappa shape index (κ3) is 3.45. The molecule has 1 aromatic rings. The van der Waals surface area contributed by atoms with Gasteiger partial charge in [0.1, 0.15) is 6.10 Å². The number of hydrogen-bond acceptors (Lipinski definition) is 3. The highest BCUT2D eigenvalue weighted by Gasteiger charge is 2.28. The number of nitrogens with zero attached hydrogens (tertiary/aromatic N) is 1. The Labute approximate surface area is 109 Å². The van der Waals surface area contributed by atoms with Gasteiger partial charge in [-0.2, -0.15) is 0 Å². The summed E-state index contributed by atoms with van der Waals surface area (Å²) in [4.78, 5) is 4.38. The molecule has 3 nitrogen and oxygen atoms in total. The Morgan fingerprint density at radius 2 is 2.00 bits per heavy atom. The van der Waals surface area contributed by atoms with Crippen molar-refractivity contribution in [2.45, 2.75) is 59.2 Å². The molecule has 0 saturated heterocycles. The molecule has 2 rings (SSSR count). The normalized spacial score (nSPS) is 19.8. The molecule has 1 aliphatic carbocycles. The van der Waals surface area contributed by atoms with Crippen LogP contribution in [-0.2, 0) is 6.61 Å². The molecule has 1 heterocycles. The van der Waals surface area contributed by atoms with Crippen molar-refractivity contribution >= 4 is 0 Å². The number of rotatable bonds is 3. The lowest BCUT2D eigenvalue weighted by atomic mass is 9.76. The molecule has 1 N–H and O–H groups in total. The Hall–Kier alpha value is -1.09. The van der Waals surface area contributed by atoms with E-state index in [2.05, 4.69) is 18.8 Å². The lowest BCUT2D eigenvalue weighted by Crippen LogP contribution is -2.28. The highest BCUT2D eigenvalue weighted by Crippen LogP contribution is 2.36. The average molecular weight is 249 g/mol. The van der Waals surface area contributed by atoms with Crippen LogP contribution in [0.2, 0.25) is 0 Å². The molecule has 100 valence electrons. The van der Waals surface area contributed by atoms with Crippen LogP contribution in [0, 0.1) is 12.3 Å². The molecule has 1 fully saturated rings. The number of hydrogen-bond donors (Lipinski definition) is 1. The Bertz CT molecular complexity index is 405. The quantitative estimate of drug-likeness (QED) is 0.894. The highest BCUT2D eigenvalue weighted by molar-refractivity contribution is 5.24. The summed E-state index contributed by atoms with van der Waals surface area (Å²) in [6, 6.07) is 3.73. The maximum atomic E-state index is 9.18. The van der Waals surface area contributed by atoms with Crippen molar-refractivity contribution in [1.82, 2.24) is 4.98 Å². The first-order valence-electron chi connectivity index (χ1n) is 6.74. The summed E-state index contributed by atoms with van der Waals surface area (Å²) in [5, 5.41) is 9.18. The van der Waals surface area contributed by atoms with Crippen LogP contribution in [0.3, 0.4) is 0 Å². The fourth-order valence-corrected chi connectivity index (χ4v) is 2.52. The molecular weight excluding hydrogens is 226 g/mol. The minimum atomic E-state index is 0.0391. The van der Waals surface area contributed by atoms with Crippen molar-refractivity contribution in [3.05, 3.63) is 23.4 Å². The summed E-state index contributed by atoms with van der Waals surface area (Å²) >= 11 is 0. The number of pyridine rings is 1. The fraction of sp³-hybridized carbons (Fsp3) is 0.667. The summed E-state index contributed by atoms with van der Waals surface area (Å²) < 4.78 is 5.95. The van der Waals surface area contributed by atoms with Gasteiger partial charge in [-0.1, -0.05) is 13.8 Å². The van der Waals surface area contributed by atoms with E-state index in [0.717, 1.165) is 24.1 Å². The number of ether oxygens (including phenoxy) is 1. The molecule has 0 unspecified atom stereocenters. The van der Waals surface area contributed by atoms with Gasteiger partial charge in [-0.3, -0.25) is 0 Å². The fourth-order valence-electron chi connectivity index (χ4n) is 2.52. The molecule has 0 spiro atoms. The lowest BCUT2D eigenvalue weighted by Gasteiger charge is -2.34. The van der Waals surface area contributed by atoms with Crippen molar-refractivity contribution in [1.29, 1.82) is 0 Å². The predicted molar refractivity (Wildman–Crippen MR) is 71.6 cm³/mol. The van der Waals surface area contributed by atoms with Gasteiger partial charge in [-0.15, -0.1) is 0 Å². The van der Waals surface area contributed by atoms with E-state index in [1.165, 1.54) is 12.8 Å². The molecule has 0 atom stereocenters. The smallest absolute Gasteiger partial charge is 0.214 e. The molecule has 1 aromatic heterocycles. The maximum Gasteiger partial charge on any atom is 0.214 e. The van der Waals surface area contributed by atoms with E-state index in [1.807, 2.05) is 19.1 Å². The second kappa shape index (κ2) is 5.27. The Kier molecular flexibility index (Phi) is 3.91. The largest absolute Gasteiger partial charge is 0.474 e. The zero-order valence-corrected chi connectivity index (χ0v) is 11.6. The molecule has 1 aliphatic rings. The number of aryl methyl sites for hydroxylation is 1. The van der Waals surface area contributed by atoms with Crippen molar-refractivity contribution in [3.63, 3.8) is 0 Å². The number of aliphatic hydroxyl groups excluding tert-OH is 1. The van der Waals surface area contributed by atoms with Crippen LogP contribution in [0.4, 0.5) is 0 Å². The van der Waals surface area contributed by atoms with Gasteiger partial charge in [0.25, 0.3) is 0 Å². The summed E-state index contributed by atoms with van der Waals surface area (Å²) in [5.41, 5.74) is 2.22. The SMILES string of the molecule is Cc1cc(CO)cc(OC2CCC(C)(C)CC2)n1. The lowest BCUT2D eigenvalue weighted by molar-refractivity contribution is 0.0945. The standard InChI is InChI=1S/C15H23NO2/c1-11-8-12(10-17)9-14(16-11)18-13-4-6-15(2,3)7-5-13/h8-9,13,17H,4-7,10H2,1-3H3. The summed E-state index contributed by atoms with van der Waals surface area (Å²) in [6.45, 7) is 6.60. The van der Waals surface area contributed by atoms with Gasteiger partial charge in [0.05, 0.1) is 6.61 Å². The van der Waals surface area contributed by atoms with E-state index in [-0.39, 0.29) is 12.7 Å². The zero-order valence-electron chi connectivity index (χ0n) is 11.6. The minimum Gasteiger partial charge on any atom is -0.474 e. The number of aliphatic hydroxyl groups is 1. The third-order valence-electron chi connectivity index (χ3n) is 3.75. The van der Waals surface area contributed by atoms with Crippen LogP contribution in [0.1, 0.15) is 50.8 Å². The highest BCUT2D eigenvalue weighted by atomic mass is 16.5. The van der Waals surface area contributed by atoms with Crippen molar-refractivity contribution in [3.8, 4) is 5.88 Å². The van der Waals surface area contributed by atoms with Crippen LogP contribution in [-0.4, -0.2) is 16.2 Å². The monoisotopic (exact) mass is 249 g/mol. The maximum absolute atomic E-state index is 9.18. The second-order valence-electron chi connectivity index (χ2n) is 6.09. The van der Waals surface area contributed by atoms with E-state index in [0.29, 0.717) is 11.3 Å². The van der Waals surface area contributed by atoms with E-state index in [9.17, 15) is 5.11 Å². The Morgan fingerprint density at radius 3 is 2.61 bits per heavy atom. The molecule has 0 aromatic carbocycles. The average Bonchev–Trinajstić information content (AvgIpc) is 2.31. The zero-order chi connectivity index (χ0) is 13.2. The number of aromatic nitrogens is 1. The van der Waals surface area contributed by atoms with Gasteiger partial charge in [-0.25, -0.2) is 4.98 Å². The van der Waals surface area contributed by atoms with Gasteiger partial charge in [-0.05, 0) is 49.7 Å². The van der Waals surface area contributed by atoms with Gasteiger partial charge >= 0.3 is 0 Å². The molecule has 0 amide bonds. The summed E-state index contributed by atoms with van der Waals surface area (Å²) in [5.74, 6) is 0.656.